The summed E-state index contributed by atoms with van der Waals surface area (Å²) in [5.74, 6) is 1.34. The van der Waals surface area contributed by atoms with Gasteiger partial charge < -0.3 is 10.5 Å². The molecule has 0 aliphatic heterocycles. The Morgan fingerprint density at radius 1 is 1.30 bits per heavy atom. The van der Waals surface area contributed by atoms with Gasteiger partial charge in [-0.15, -0.1) is 11.3 Å². The minimum atomic E-state index is 0.220. The molecule has 0 aliphatic carbocycles. The number of nitrogens with two attached hydrogens (primary N) is 1. The number of nitrogen functional groups attached to an aromatic ring is 1. The second kappa shape index (κ2) is 5.05. The Morgan fingerprint density at radius 3 is 2.85 bits per heavy atom. The van der Waals surface area contributed by atoms with Crippen molar-refractivity contribution in [2.75, 3.05) is 5.73 Å². The molecule has 0 saturated carbocycles. The van der Waals surface area contributed by atoms with E-state index in [1.165, 1.54) is 4.88 Å². The van der Waals surface area contributed by atoms with Gasteiger partial charge in [0.05, 0.1) is 11.6 Å². The highest BCUT2D eigenvalue weighted by Crippen LogP contribution is 2.33. The first-order chi connectivity index (χ1) is 9.65. The number of nitrogens with zero attached hydrogens (tertiary/aromatic N) is 3. The van der Waals surface area contributed by atoms with E-state index in [9.17, 15) is 0 Å². The lowest BCUT2D eigenvalue weighted by molar-refractivity contribution is 0.467. The molecule has 3 aromatic heterocycles. The van der Waals surface area contributed by atoms with Gasteiger partial charge in [0.15, 0.2) is 0 Å². The number of rotatable bonds is 3. The molecule has 0 bridgehead atoms. The molecule has 3 heterocycles. The van der Waals surface area contributed by atoms with Crippen LogP contribution in [0.15, 0.2) is 24.4 Å². The van der Waals surface area contributed by atoms with Crippen LogP contribution in [0.2, 0.25) is 0 Å². The fourth-order valence-corrected chi connectivity index (χ4v) is 2.80. The van der Waals surface area contributed by atoms with E-state index in [-0.39, 0.29) is 5.95 Å². The summed E-state index contributed by atoms with van der Waals surface area (Å²) in [6.07, 6.45) is 2.62. The van der Waals surface area contributed by atoms with Crippen molar-refractivity contribution in [1.29, 1.82) is 0 Å². The number of aromatic nitrogens is 3. The number of anilines is 1. The number of fused-ring (bicyclic) bond motifs is 1. The Hall–Kier alpha value is -2.21. The second-order valence-electron chi connectivity index (χ2n) is 4.41. The molecule has 0 fully saturated rings. The van der Waals surface area contributed by atoms with Crippen molar-refractivity contribution in [1.82, 2.24) is 15.0 Å². The lowest BCUT2D eigenvalue weighted by Crippen LogP contribution is -1.97. The summed E-state index contributed by atoms with van der Waals surface area (Å²) < 4.78 is 5.80. The maximum atomic E-state index is 5.80. The van der Waals surface area contributed by atoms with Crippen LogP contribution in [0.1, 0.15) is 17.5 Å². The number of pyridine rings is 1. The van der Waals surface area contributed by atoms with Gasteiger partial charge in [-0.25, -0.2) is 4.98 Å². The van der Waals surface area contributed by atoms with Gasteiger partial charge in [0.25, 0.3) is 0 Å². The Kier molecular flexibility index (Phi) is 3.23. The van der Waals surface area contributed by atoms with Crippen LogP contribution in [0, 0.1) is 6.92 Å². The van der Waals surface area contributed by atoms with Crippen LogP contribution in [0.5, 0.6) is 11.6 Å². The maximum absolute atomic E-state index is 5.80. The monoisotopic (exact) mass is 286 g/mol. The van der Waals surface area contributed by atoms with Crippen molar-refractivity contribution in [2.45, 2.75) is 20.3 Å². The molecule has 5 nitrogen and oxygen atoms in total. The van der Waals surface area contributed by atoms with Gasteiger partial charge in [-0.05, 0) is 31.5 Å². The van der Waals surface area contributed by atoms with Gasteiger partial charge in [-0.3, -0.25) is 4.98 Å². The summed E-state index contributed by atoms with van der Waals surface area (Å²) in [5, 5.41) is 0.890. The van der Waals surface area contributed by atoms with E-state index in [2.05, 4.69) is 27.9 Å². The van der Waals surface area contributed by atoms with Crippen molar-refractivity contribution < 1.29 is 4.74 Å². The number of aryl methyl sites for hydroxylation is 2. The summed E-state index contributed by atoms with van der Waals surface area (Å²) >= 11 is 1.61. The van der Waals surface area contributed by atoms with Gasteiger partial charge in [0.1, 0.15) is 10.6 Å². The first-order valence-corrected chi connectivity index (χ1v) is 7.14. The van der Waals surface area contributed by atoms with Crippen LogP contribution in [0.3, 0.4) is 0 Å². The van der Waals surface area contributed by atoms with Gasteiger partial charge in [0, 0.05) is 10.6 Å². The molecule has 0 atom stereocenters. The van der Waals surface area contributed by atoms with E-state index < -0.39 is 0 Å². The molecule has 0 aromatic carbocycles. The first-order valence-electron chi connectivity index (χ1n) is 6.32. The molecular formula is C14H14N4OS. The zero-order chi connectivity index (χ0) is 14.1. The molecular weight excluding hydrogens is 272 g/mol. The zero-order valence-electron chi connectivity index (χ0n) is 11.3. The predicted molar refractivity (Wildman–Crippen MR) is 80.3 cm³/mol. The number of hydrogen-bond acceptors (Lipinski definition) is 6. The van der Waals surface area contributed by atoms with Crippen molar-refractivity contribution >= 4 is 27.5 Å². The summed E-state index contributed by atoms with van der Waals surface area (Å²) in [6.45, 7) is 4.03. The average molecular weight is 286 g/mol. The first kappa shape index (κ1) is 12.8. The molecule has 0 radical (unpaired) electrons. The second-order valence-corrected chi connectivity index (χ2v) is 5.52. The smallest absolute Gasteiger partial charge is 0.232 e. The van der Waals surface area contributed by atoms with E-state index in [1.54, 1.807) is 17.5 Å². The van der Waals surface area contributed by atoms with Crippen LogP contribution >= 0.6 is 11.3 Å². The summed E-state index contributed by atoms with van der Waals surface area (Å²) in [7, 11) is 0. The molecule has 0 unspecified atom stereocenters. The average Bonchev–Trinajstić information content (AvgIpc) is 2.84. The van der Waals surface area contributed by atoms with Crippen LogP contribution in [0.25, 0.3) is 10.2 Å². The van der Waals surface area contributed by atoms with Gasteiger partial charge in [-0.1, -0.05) is 6.92 Å². The largest absolute Gasteiger partial charge is 0.437 e. The molecule has 0 aliphatic rings. The number of thiophene rings is 1. The van der Waals surface area contributed by atoms with Crippen molar-refractivity contribution in [2.24, 2.45) is 0 Å². The molecule has 3 rings (SSSR count). The number of hydrogen-bond donors (Lipinski definition) is 1. The topological polar surface area (TPSA) is 73.9 Å². The van der Waals surface area contributed by atoms with Gasteiger partial charge >= 0.3 is 0 Å². The highest BCUT2D eigenvalue weighted by atomic mass is 32.1. The Labute approximate surface area is 120 Å². The van der Waals surface area contributed by atoms with Crippen LogP contribution in [0.4, 0.5) is 5.95 Å². The van der Waals surface area contributed by atoms with Crippen LogP contribution in [-0.2, 0) is 6.42 Å². The van der Waals surface area contributed by atoms with Crippen molar-refractivity contribution in [3.63, 3.8) is 0 Å². The molecule has 102 valence electrons. The van der Waals surface area contributed by atoms with Gasteiger partial charge in [-0.2, -0.15) is 4.98 Å². The Morgan fingerprint density at radius 2 is 2.15 bits per heavy atom. The lowest BCUT2D eigenvalue weighted by atomic mass is 10.3. The van der Waals surface area contributed by atoms with Gasteiger partial charge in [0.2, 0.25) is 11.8 Å². The van der Waals surface area contributed by atoms with E-state index in [0.29, 0.717) is 11.6 Å². The van der Waals surface area contributed by atoms with Crippen molar-refractivity contribution in [3.8, 4) is 11.6 Å². The summed E-state index contributed by atoms with van der Waals surface area (Å²) in [4.78, 5) is 14.7. The molecule has 3 aromatic rings. The highest BCUT2D eigenvalue weighted by Gasteiger charge is 2.12. The van der Waals surface area contributed by atoms with E-state index in [0.717, 1.165) is 22.3 Å². The van der Waals surface area contributed by atoms with Crippen LogP contribution in [-0.4, -0.2) is 15.0 Å². The normalized spacial score (nSPS) is 10.9. The zero-order valence-corrected chi connectivity index (χ0v) is 12.1. The molecule has 0 amide bonds. The quantitative estimate of drug-likeness (QED) is 0.799. The molecule has 20 heavy (non-hydrogen) atoms. The Balaban J connectivity index is 2.05. The number of ether oxygens (including phenoxy) is 1. The fraction of sp³-hybridized carbons (Fsp3) is 0.214. The molecule has 6 heteroatoms. The summed E-state index contributed by atoms with van der Waals surface area (Å²) in [5.41, 5.74) is 6.68. The SMILES string of the molecule is CCc1cc2c(Oc3ccc(C)nc3)nc(N)nc2s1. The van der Waals surface area contributed by atoms with E-state index in [1.807, 2.05) is 19.1 Å². The van der Waals surface area contributed by atoms with E-state index >= 15 is 0 Å². The Bertz CT molecular complexity index is 752. The maximum Gasteiger partial charge on any atom is 0.232 e. The third-order valence-electron chi connectivity index (χ3n) is 2.87. The predicted octanol–water partition coefficient (Wildman–Crippen LogP) is 3.33. The minimum absolute atomic E-state index is 0.220. The van der Waals surface area contributed by atoms with Crippen molar-refractivity contribution in [3.05, 3.63) is 35.0 Å². The summed E-state index contributed by atoms with van der Waals surface area (Å²) in [6, 6.07) is 5.80. The fourth-order valence-electron chi connectivity index (χ4n) is 1.84. The standard InChI is InChI=1S/C14H14N4OS/c1-3-10-6-11-12(17-14(15)18-13(11)20-10)19-9-5-4-8(2)16-7-9/h4-7H,3H2,1-2H3,(H2,15,17,18). The molecule has 0 saturated heterocycles. The molecule has 0 spiro atoms. The van der Waals surface area contributed by atoms with Crippen LogP contribution < -0.4 is 10.5 Å². The third-order valence-corrected chi connectivity index (χ3v) is 4.05. The highest BCUT2D eigenvalue weighted by molar-refractivity contribution is 7.18. The third kappa shape index (κ3) is 2.42. The molecule has 2 N–H and O–H groups in total. The minimum Gasteiger partial charge on any atom is -0.437 e. The van der Waals surface area contributed by atoms with E-state index in [4.69, 9.17) is 10.5 Å². The lowest BCUT2D eigenvalue weighted by Gasteiger charge is -2.06.